The van der Waals surface area contributed by atoms with Gasteiger partial charge in [0.25, 0.3) is 0 Å². The summed E-state index contributed by atoms with van der Waals surface area (Å²) in [7, 11) is -3.73. The lowest BCUT2D eigenvalue weighted by Gasteiger charge is -2.24. The maximum absolute atomic E-state index is 12.7. The number of ether oxygens (including phenoxy) is 2. The highest BCUT2D eigenvalue weighted by molar-refractivity contribution is 7.89. The Morgan fingerprint density at radius 2 is 2.04 bits per heavy atom. The monoisotopic (exact) mass is 383 g/mol. The van der Waals surface area contributed by atoms with E-state index < -0.39 is 10.0 Å². The third-order valence-corrected chi connectivity index (χ3v) is 6.39. The molecule has 2 aromatic rings. The van der Waals surface area contributed by atoms with Gasteiger partial charge in [0, 0.05) is 44.0 Å². The number of hydrogen-bond donors (Lipinski definition) is 1. The second kappa shape index (κ2) is 6.51. The molecule has 0 spiro atoms. The summed E-state index contributed by atoms with van der Waals surface area (Å²) in [5.41, 5.74) is 0. The molecule has 9 heteroatoms. The molecule has 25 heavy (non-hydrogen) atoms. The molecule has 0 saturated heterocycles. The van der Waals surface area contributed by atoms with E-state index in [0.717, 1.165) is 25.2 Å². The number of fused-ring (bicyclic) bond motifs is 2. The molecule has 0 amide bonds. The Hall–Kier alpha value is -1.77. The molecule has 0 fully saturated rings. The Morgan fingerprint density at radius 3 is 2.84 bits per heavy atom. The van der Waals surface area contributed by atoms with Gasteiger partial charge in [0.05, 0.1) is 5.02 Å². The Labute approximate surface area is 151 Å². The van der Waals surface area contributed by atoms with E-state index in [1.54, 1.807) is 6.20 Å². The number of nitrogens with zero attached hydrogens (tertiary/aromatic N) is 2. The highest BCUT2D eigenvalue weighted by Crippen LogP contribution is 2.37. The van der Waals surface area contributed by atoms with Gasteiger partial charge in [0.15, 0.2) is 11.5 Å². The number of benzene rings is 1. The molecule has 134 valence electrons. The standard InChI is InChI=1S/C16H18ClN3O4S/c17-12-8-13-14(24-6-5-23-13)9-15(12)25(21,22)19-10-11-1-3-20-4-2-18-16(20)7-11/h2,4,8-9,11,19H,1,3,5-7,10H2. The maximum Gasteiger partial charge on any atom is 0.242 e. The van der Waals surface area contributed by atoms with Crippen LogP contribution in [0, 0.1) is 5.92 Å². The lowest BCUT2D eigenvalue weighted by Crippen LogP contribution is -2.33. The molecule has 0 aliphatic carbocycles. The van der Waals surface area contributed by atoms with Crippen LogP contribution in [0.1, 0.15) is 12.2 Å². The first kappa shape index (κ1) is 16.7. The minimum atomic E-state index is -3.73. The maximum atomic E-state index is 12.7. The predicted molar refractivity (Wildman–Crippen MR) is 91.7 cm³/mol. The van der Waals surface area contributed by atoms with Crippen LogP contribution in [0.15, 0.2) is 29.4 Å². The van der Waals surface area contributed by atoms with Gasteiger partial charge in [-0.05, 0) is 12.3 Å². The molecule has 1 aromatic heterocycles. The Bertz CT molecular complexity index is 897. The highest BCUT2D eigenvalue weighted by Gasteiger charge is 2.26. The van der Waals surface area contributed by atoms with Crippen molar-refractivity contribution in [1.82, 2.24) is 14.3 Å². The molecule has 0 bridgehead atoms. The smallest absolute Gasteiger partial charge is 0.242 e. The fourth-order valence-corrected chi connectivity index (χ4v) is 4.79. The minimum absolute atomic E-state index is 0.00993. The average molecular weight is 384 g/mol. The van der Waals surface area contributed by atoms with Gasteiger partial charge in [0.2, 0.25) is 10.0 Å². The zero-order chi connectivity index (χ0) is 17.4. The number of sulfonamides is 1. The third kappa shape index (κ3) is 3.33. The molecule has 1 aromatic carbocycles. The van der Waals surface area contributed by atoms with Gasteiger partial charge in [-0.25, -0.2) is 18.1 Å². The first-order valence-electron chi connectivity index (χ1n) is 8.12. The molecule has 4 rings (SSSR count). The second-order valence-electron chi connectivity index (χ2n) is 6.17. The number of hydrogen-bond acceptors (Lipinski definition) is 5. The summed E-state index contributed by atoms with van der Waals surface area (Å²) >= 11 is 6.15. The molecule has 3 heterocycles. The molecular weight excluding hydrogens is 366 g/mol. The summed E-state index contributed by atoms with van der Waals surface area (Å²) in [6.07, 6.45) is 5.38. The molecule has 0 saturated carbocycles. The van der Waals surface area contributed by atoms with E-state index in [0.29, 0.717) is 31.3 Å². The zero-order valence-electron chi connectivity index (χ0n) is 13.4. The van der Waals surface area contributed by atoms with Gasteiger partial charge in [-0.1, -0.05) is 11.6 Å². The van der Waals surface area contributed by atoms with Crippen LogP contribution < -0.4 is 14.2 Å². The number of aryl methyl sites for hydroxylation is 1. The number of halogens is 1. The van der Waals surface area contributed by atoms with E-state index in [1.807, 2.05) is 6.20 Å². The number of imidazole rings is 1. The molecule has 1 atom stereocenters. The van der Waals surface area contributed by atoms with E-state index in [2.05, 4.69) is 14.3 Å². The van der Waals surface area contributed by atoms with Crippen molar-refractivity contribution in [2.24, 2.45) is 5.92 Å². The van der Waals surface area contributed by atoms with Crippen LogP contribution in [0.3, 0.4) is 0 Å². The number of aromatic nitrogens is 2. The number of rotatable bonds is 4. The average Bonchev–Trinajstić information content (AvgIpc) is 3.07. The quantitative estimate of drug-likeness (QED) is 0.871. The summed E-state index contributed by atoms with van der Waals surface area (Å²) in [4.78, 5) is 4.32. The van der Waals surface area contributed by atoms with Crippen molar-refractivity contribution in [3.05, 3.63) is 35.4 Å². The third-order valence-electron chi connectivity index (χ3n) is 4.50. The predicted octanol–water partition coefficient (Wildman–Crippen LogP) is 1.85. The van der Waals surface area contributed by atoms with Crippen LogP contribution in [0.5, 0.6) is 11.5 Å². The molecule has 2 aliphatic rings. The largest absolute Gasteiger partial charge is 0.486 e. The summed E-state index contributed by atoms with van der Waals surface area (Å²) in [5.74, 6) is 2.07. The van der Waals surface area contributed by atoms with Crippen LogP contribution in [0.4, 0.5) is 0 Å². The van der Waals surface area contributed by atoms with Gasteiger partial charge < -0.3 is 14.0 Å². The van der Waals surface area contributed by atoms with Crippen LogP contribution in [-0.2, 0) is 23.0 Å². The first-order chi connectivity index (χ1) is 12.0. The van der Waals surface area contributed by atoms with Gasteiger partial charge in [-0.3, -0.25) is 0 Å². The van der Waals surface area contributed by atoms with Crippen molar-refractivity contribution in [2.45, 2.75) is 24.3 Å². The van der Waals surface area contributed by atoms with Crippen molar-refractivity contribution < 1.29 is 17.9 Å². The van der Waals surface area contributed by atoms with Gasteiger partial charge in [0.1, 0.15) is 23.9 Å². The topological polar surface area (TPSA) is 82.5 Å². The van der Waals surface area contributed by atoms with E-state index in [-0.39, 0.29) is 15.8 Å². The molecule has 7 nitrogen and oxygen atoms in total. The van der Waals surface area contributed by atoms with Crippen LogP contribution in [0.2, 0.25) is 5.02 Å². The number of nitrogens with one attached hydrogen (secondary N) is 1. The van der Waals surface area contributed by atoms with Crippen molar-refractivity contribution in [2.75, 3.05) is 19.8 Å². The van der Waals surface area contributed by atoms with Crippen LogP contribution in [-0.4, -0.2) is 37.7 Å². The normalized spacial score (nSPS) is 19.5. The van der Waals surface area contributed by atoms with Crippen molar-refractivity contribution in [3.63, 3.8) is 0 Å². The SMILES string of the molecule is O=S(=O)(NCC1CCn2ccnc2C1)c1cc2c(cc1Cl)OCCO2. The van der Waals surface area contributed by atoms with Crippen LogP contribution >= 0.6 is 11.6 Å². The fraction of sp³-hybridized carbons (Fsp3) is 0.438. The molecule has 0 radical (unpaired) electrons. The lowest BCUT2D eigenvalue weighted by atomic mass is 9.98. The van der Waals surface area contributed by atoms with Crippen molar-refractivity contribution >= 4 is 21.6 Å². The van der Waals surface area contributed by atoms with Crippen molar-refractivity contribution in [1.29, 1.82) is 0 Å². The second-order valence-corrected chi connectivity index (χ2v) is 8.32. The fourth-order valence-electron chi connectivity index (χ4n) is 3.15. The first-order valence-corrected chi connectivity index (χ1v) is 9.98. The summed E-state index contributed by atoms with van der Waals surface area (Å²) < 4.78 is 41.0. The van der Waals surface area contributed by atoms with E-state index in [9.17, 15) is 8.42 Å². The Balaban J connectivity index is 1.49. The summed E-state index contributed by atoms with van der Waals surface area (Å²) in [6.45, 7) is 2.01. The zero-order valence-corrected chi connectivity index (χ0v) is 15.0. The summed E-state index contributed by atoms with van der Waals surface area (Å²) in [6, 6.07) is 2.91. The van der Waals surface area contributed by atoms with E-state index in [4.69, 9.17) is 21.1 Å². The molecule has 1 N–H and O–H groups in total. The molecular formula is C16H18ClN3O4S. The van der Waals surface area contributed by atoms with E-state index in [1.165, 1.54) is 12.1 Å². The van der Waals surface area contributed by atoms with Crippen LogP contribution in [0.25, 0.3) is 0 Å². The highest BCUT2D eigenvalue weighted by atomic mass is 35.5. The molecule has 2 aliphatic heterocycles. The summed E-state index contributed by atoms with van der Waals surface area (Å²) in [5, 5.41) is 0.121. The molecule has 1 unspecified atom stereocenters. The van der Waals surface area contributed by atoms with Crippen molar-refractivity contribution in [3.8, 4) is 11.5 Å². The lowest BCUT2D eigenvalue weighted by molar-refractivity contribution is 0.171. The van der Waals surface area contributed by atoms with Gasteiger partial charge in [-0.15, -0.1) is 0 Å². The van der Waals surface area contributed by atoms with E-state index >= 15 is 0 Å². The minimum Gasteiger partial charge on any atom is -0.486 e. The Morgan fingerprint density at radius 1 is 1.28 bits per heavy atom. The Kier molecular flexibility index (Phi) is 4.35. The van der Waals surface area contributed by atoms with Gasteiger partial charge in [-0.2, -0.15) is 0 Å². The van der Waals surface area contributed by atoms with Gasteiger partial charge >= 0.3 is 0 Å².